The smallest absolute Gasteiger partial charge is 0.355 e. The van der Waals surface area contributed by atoms with Gasteiger partial charge in [0.15, 0.2) is 0 Å². The van der Waals surface area contributed by atoms with Gasteiger partial charge in [-0.15, -0.1) is 0 Å². The molecule has 2 aromatic heterocycles. The Bertz CT molecular complexity index is 1690. The molecule has 0 amide bonds. The fourth-order valence-corrected chi connectivity index (χ4v) is 5.28. The molecule has 5 nitrogen and oxygen atoms in total. The van der Waals surface area contributed by atoms with Gasteiger partial charge < -0.3 is 14.7 Å². The molecule has 0 saturated heterocycles. The van der Waals surface area contributed by atoms with E-state index in [2.05, 4.69) is 74.9 Å². The van der Waals surface area contributed by atoms with Crippen molar-refractivity contribution in [1.82, 2.24) is 9.97 Å². The Hall–Kier alpha value is -4.38. The van der Waals surface area contributed by atoms with E-state index in [1.807, 2.05) is 44.2 Å². The maximum Gasteiger partial charge on any atom is 0.355 e. The van der Waals surface area contributed by atoms with Crippen LogP contribution in [0.2, 0.25) is 0 Å². The first kappa shape index (κ1) is 28.2. The van der Waals surface area contributed by atoms with Crippen molar-refractivity contribution in [3.8, 4) is 0 Å². The molecule has 0 unspecified atom stereocenters. The first-order chi connectivity index (χ1) is 19.6. The second-order valence-corrected chi connectivity index (χ2v) is 11.2. The van der Waals surface area contributed by atoms with Crippen LogP contribution in [0.25, 0.3) is 6.08 Å². The van der Waals surface area contributed by atoms with Gasteiger partial charge in [0.1, 0.15) is 12.3 Å². The SMILES string of the molecule is CC1=C(C)/C(=C/c2[nH]c(Cc3ccc(C)cc3)c(C)c2C)N=C1Cc1[nH]c(C(=O)OCc2ccccc2)c(C)c1C. The van der Waals surface area contributed by atoms with Crippen molar-refractivity contribution in [3.05, 3.63) is 133 Å². The number of nitrogens with one attached hydrogen (secondary N) is 2. The highest BCUT2D eigenvalue weighted by atomic mass is 16.5. The third-order valence-corrected chi connectivity index (χ3v) is 8.55. The first-order valence-corrected chi connectivity index (χ1v) is 14.2. The zero-order valence-electron chi connectivity index (χ0n) is 25.2. The summed E-state index contributed by atoms with van der Waals surface area (Å²) in [6.45, 7) is 15.0. The van der Waals surface area contributed by atoms with E-state index in [1.54, 1.807) is 0 Å². The molecule has 1 aliphatic heterocycles. The number of hydrogen-bond donors (Lipinski definition) is 2. The van der Waals surface area contributed by atoms with E-state index in [-0.39, 0.29) is 12.6 Å². The maximum absolute atomic E-state index is 12.9. The van der Waals surface area contributed by atoms with Gasteiger partial charge in [-0.2, -0.15) is 0 Å². The number of carbonyl (C=O) groups is 1. The van der Waals surface area contributed by atoms with E-state index >= 15 is 0 Å². The van der Waals surface area contributed by atoms with Crippen LogP contribution in [-0.2, 0) is 24.2 Å². The molecular formula is C36H39N3O2. The zero-order chi connectivity index (χ0) is 29.3. The Morgan fingerprint density at radius 1 is 0.732 bits per heavy atom. The molecule has 0 saturated carbocycles. The number of hydrogen-bond acceptors (Lipinski definition) is 3. The van der Waals surface area contributed by atoms with Crippen LogP contribution in [0.1, 0.15) is 80.4 Å². The summed E-state index contributed by atoms with van der Waals surface area (Å²) in [5.41, 5.74) is 16.3. The Kier molecular flexibility index (Phi) is 7.98. The molecule has 0 radical (unpaired) electrons. The molecular weight excluding hydrogens is 506 g/mol. The molecule has 2 N–H and O–H groups in total. The van der Waals surface area contributed by atoms with Crippen LogP contribution in [0.4, 0.5) is 0 Å². The van der Waals surface area contributed by atoms with Crippen molar-refractivity contribution < 1.29 is 9.53 Å². The fourth-order valence-electron chi connectivity index (χ4n) is 5.28. The van der Waals surface area contributed by atoms with Crippen LogP contribution in [0, 0.1) is 34.6 Å². The van der Waals surface area contributed by atoms with Crippen molar-refractivity contribution in [3.63, 3.8) is 0 Å². The monoisotopic (exact) mass is 545 g/mol. The van der Waals surface area contributed by atoms with Gasteiger partial charge in [-0.25, -0.2) is 4.79 Å². The van der Waals surface area contributed by atoms with Crippen LogP contribution >= 0.6 is 0 Å². The van der Waals surface area contributed by atoms with Crippen LogP contribution < -0.4 is 0 Å². The largest absolute Gasteiger partial charge is 0.456 e. The number of aryl methyl sites for hydroxylation is 1. The Morgan fingerprint density at radius 3 is 2.10 bits per heavy atom. The zero-order valence-corrected chi connectivity index (χ0v) is 25.2. The molecule has 2 aromatic carbocycles. The lowest BCUT2D eigenvalue weighted by molar-refractivity contribution is 0.0465. The van der Waals surface area contributed by atoms with Gasteiger partial charge in [-0.1, -0.05) is 60.2 Å². The molecule has 0 fully saturated rings. The van der Waals surface area contributed by atoms with Crippen molar-refractivity contribution in [2.75, 3.05) is 0 Å². The average molecular weight is 546 g/mol. The minimum absolute atomic E-state index is 0.249. The number of aliphatic imine (C=N–C) groups is 1. The molecule has 1 aliphatic rings. The summed E-state index contributed by atoms with van der Waals surface area (Å²) in [5.74, 6) is -0.336. The van der Waals surface area contributed by atoms with E-state index in [9.17, 15) is 4.79 Å². The number of nitrogens with zero attached hydrogens (tertiary/aromatic N) is 1. The van der Waals surface area contributed by atoms with Crippen LogP contribution in [0.3, 0.4) is 0 Å². The van der Waals surface area contributed by atoms with Crippen LogP contribution in [0.15, 0.2) is 76.4 Å². The Labute approximate surface area is 243 Å². The van der Waals surface area contributed by atoms with Crippen LogP contribution in [0.5, 0.6) is 0 Å². The summed E-state index contributed by atoms with van der Waals surface area (Å²) in [6.07, 6.45) is 3.67. The normalized spacial score (nSPS) is 14.2. The molecule has 5 heteroatoms. The van der Waals surface area contributed by atoms with Gasteiger partial charge in [0.2, 0.25) is 0 Å². The van der Waals surface area contributed by atoms with Crippen molar-refractivity contribution in [2.24, 2.45) is 4.99 Å². The van der Waals surface area contributed by atoms with E-state index in [4.69, 9.17) is 9.73 Å². The molecule has 0 atom stereocenters. The van der Waals surface area contributed by atoms with Gasteiger partial charge in [0.05, 0.1) is 11.4 Å². The second-order valence-electron chi connectivity index (χ2n) is 11.2. The maximum atomic E-state index is 12.9. The second kappa shape index (κ2) is 11.6. The number of aromatic nitrogens is 2. The summed E-state index contributed by atoms with van der Waals surface area (Å²) >= 11 is 0. The predicted molar refractivity (Wildman–Crippen MR) is 168 cm³/mol. The van der Waals surface area contributed by atoms with E-state index < -0.39 is 0 Å². The number of rotatable bonds is 8. The summed E-state index contributed by atoms with van der Waals surface area (Å²) < 4.78 is 5.60. The quantitative estimate of drug-likeness (QED) is 0.219. The average Bonchev–Trinajstić information content (AvgIpc) is 3.51. The molecule has 41 heavy (non-hydrogen) atoms. The highest BCUT2D eigenvalue weighted by Crippen LogP contribution is 2.31. The molecule has 0 aliphatic carbocycles. The van der Waals surface area contributed by atoms with Crippen molar-refractivity contribution in [2.45, 2.75) is 67.9 Å². The highest BCUT2D eigenvalue weighted by Gasteiger charge is 2.23. The van der Waals surface area contributed by atoms with Gasteiger partial charge in [-0.3, -0.25) is 4.99 Å². The molecule has 0 spiro atoms. The first-order valence-electron chi connectivity index (χ1n) is 14.2. The highest BCUT2D eigenvalue weighted by molar-refractivity contribution is 6.06. The fraction of sp³-hybridized carbons (Fsp3) is 0.278. The number of esters is 1. The lowest BCUT2D eigenvalue weighted by Gasteiger charge is -2.04. The lowest BCUT2D eigenvalue weighted by atomic mass is 10.0. The molecule has 5 rings (SSSR count). The van der Waals surface area contributed by atoms with Crippen molar-refractivity contribution in [1.29, 1.82) is 0 Å². The molecule has 210 valence electrons. The number of aromatic amines is 2. The minimum atomic E-state index is -0.336. The number of carbonyl (C=O) groups excluding carboxylic acids is 1. The van der Waals surface area contributed by atoms with Crippen LogP contribution in [-0.4, -0.2) is 21.6 Å². The summed E-state index contributed by atoms with van der Waals surface area (Å²) in [5, 5.41) is 0. The number of allylic oxidation sites excluding steroid dienone is 2. The van der Waals surface area contributed by atoms with Gasteiger partial charge in [-0.05, 0) is 99.1 Å². The molecule has 0 bridgehead atoms. The third kappa shape index (κ3) is 5.90. The number of H-pyrrole nitrogens is 2. The van der Waals surface area contributed by atoms with Gasteiger partial charge in [0.25, 0.3) is 0 Å². The molecule has 3 heterocycles. The van der Waals surface area contributed by atoms with E-state index in [1.165, 1.54) is 39.1 Å². The van der Waals surface area contributed by atoms with Gasteiger partial charge in [0, 0.05) is 29.9 Å². The Balaban J connectivity index is 1.35. The van der Waals surface area contributed by atoms with Crippen molar-refractivity contribution >= 4 is 17.8 Å². The minimum Gasteiger partial charge on any atom is -0.456 e. The molecule has 4 aromatic rings. The standard InChI is InChI=1S/C36H39N3O2/c1-21-13-15-28(16-14-21)17-30-22(2)23(3)31(37-30)18-32-24(4)25(5)33(38-32)19-34-26(6)27(7)35(39-34)36(40)41-20-29-11-9-8-10-12-29/h8-16,18,37,39H,17,19-20H2,1-7H3/b32-18-. The topological polar surface area (TPSA) is 70.2 Å². The summed E-state index contributed by atoms with van der Waals surface area (Å²) in [4.78, 5) is 25.0. The summed E-state index contributed by atoms with van der Waals surface area (Å²) in [6, 6.07) is 18.5. The number of benzene rings is 2. The van der Waals surface area contributed by atoms with E-state index in [0.29, 0.717) is 12.1 Å². The predicted octanol–water partition coefficient (Wildman–Crippen LogP) is 8.21. The number of ether oxygens (including phenoxy) is 1. The Morgan fingerprint density at radius 2 is 1.39 bits per heavy atom. The third-order valence-electron chi connectivity index (χ3n) is 8.55. The summed E-state index contributed by atoms with van der Waals surface area (Å²) in [7, 11) is 0. The van der Waals surface area contributed by atoms with Gasteiger partial charge >= 0.3 is 5.97 Å². The van der Waals surface area contributed by atoms with E-state index in [0.717, 1.165) is 45.9 Å². The lowest BCUT2D eigenvalue weighted by Crippen LogP contribution is -2.08.